The van der Waals surface area contributed by atoms with Crippen molar-refractivity contribution in [3.8, 4) is 6.07 Å². The van der Waals surface area contributed by atoms with E-state index in [4.69, 9.17) is 11.6 Å². The van der Waals surface area contributed by atoms with E-state index in [1.165, 1.54) is 23.5 Å². The fourth-order valence-electron chi connectivity index (χ4n) is 5.14. The van der Waals surface area contributed by atoms with Crippen molar-refractivity contribution in [2.75, 3.05) is 4.90 Å². The SMILES string of the molecule is N#Cc1c(N2C(=O)C[C@@H](c3c(F)cccc3Cl)C3=C2CCCC3=O)sc2c1CCCC2. The van der Waals surface area contributed by atoms with Gasteiger partial charge in [-0.25, -0.2) is 4.39 Å². The summed E-state index contributed by atoms with van der Waals surface area (Å²) in [5.41, 5.74) is 2.91. The summed E-state index contributed by atoms with van der Waals surface area (Å²) >= 11 is 7.81. The zero-order valence-electron chi connectivity index (χ0n) is 16.8. The Morgan fingerprint density at radius 1 is 1.13 bits per heavy atom. The molecule has 1 amide bonds. The van der Waals surface area contributed by atoms with E-state index in [0.29, 0.717) is 41.1 Å². The first-order valence-electron chi connectivity index (χ1n) is 10.6. The molecule has 0 bridgehead atoms. The third-order valence-corrected chi connectivity index (χ3v) is 8.10. The van der Waals surface area contributed by atoms with Crippen LogP contribution in [0, 0.1) is 17.1 Å². The van der Waals surface area contributed by atoms with Crippen LogP contribution in [-0.4, -0.2) is 11.7 Å². The Kier molecular flexibility index (Phi) is 5.19. The van der Waals surface area contributed by atoms with Gasteiger partial charge in [-0.15, -0.1) is 11.3 Å². The molecule has 7 heteroatoms. The number of nitrogens with zero attached hydrogens (tertiary/aromatic N) is 2. The summed E-state index contributed by atoms with van der Waals surface area (Å²) in [5, 5.41) is 10.7. The predicted molar refractivity (Wildman–Crippen MR) is 118 cm³/mol. The molecule has 1 aromatic heterocycles. The van der Waals surface area contributed by atoms with Crippen LogP contribution < -0.4 is 4.90 Å². The van der Waals surface area contributed by atoms with Gasteiger partial charge in [-0.05, 0) is 56.2 Å². The van der Waals surface area contributed by atoms with Crippen molar-refractivity contribution in [2.45, 2.75) is 57.3 Å². The number of nitriles is 1. The van der Waals surface area contributed by atoms with Crippen LogP contribution >= 0.6 is 22.9 Å². The van der Waals surface area contributed by atoms with Gasteiger partial charge in [0.25, 0.3) is 0 Å². The second kappa shape index (κ2) is 7.89. The van der Waals surface area contributed by atoms with Gasteiger partial charge in [-0.3, -0.25) is 14.5 Å². The van der Waals surface area contributed by atoms with Crippen molar-refractivity contribution in [1.82, 2.24) is 0 Å². The lowest BCUT2D eigenvalue weighted by atomic mass is 9.77. The van der Waals surface area contributed by atoms with Crippen molar-refractivity contribution >= 4 is 39.6 Å². The van der Waals surface area contributed by atoms with Crippen molar-refractivity contribution in [3.63, 3.8) is 0 Å². The van der Waals surface area contributed by atoms with Crippen LogP contribution in [0.15, 0.2) is 29.5 Å². The first kappa shape index (κ1) is 20.4. The normalized spacial score (nSPS) is 21.1. The van der Waals surface area contributed by atoms with Crippen LogP contribution in [0.3, 0.4) is 0 Å². The third-order valence-electron chi connectivity index (χ3n) is 6.49. The molecule has 0 fully saturated rings. The first-order chi connectivity index (χ1) is 15.0. The molecule has 1 aliphatic heterocycles. The maximum atomic E-state index is 14.8. The van der Waals surface area contributed by atoms with Crippen molar-refractivity contribution < 1.29 is 14.0 Å². The van der Waals surface area contributed by atoms with E-state index >= 15 is 0 Å². The van der Waals surface area contributed by atoms with Gasteiger partial charge < -0.3 is 0 Å². The number of carbonyl (C=O) groups is 2. The van der Waals surface area contributed by atoms with Crippen LogP contribution in [-0.2, 0) is 22.4 Å². The minimum Gasteiger partial charge on any atom is -0.294 e. The predicted octanol–water partition coefficient (Wildman–Crippen LogP) is 5.82. The highest BCUT2D eigenvalue weighted by Gasteiger charge is 2.43. The largest absolute Gasteiger partial charge is 0.294 e. The highest BCUT2D eigenvalue weighted by molar-refractivity contribution is 7.16. The topological polar surface area (TPSA) is 61.2 Å². The van der Waals surface area contributed by atoms with Gasteiger partial charge in [0.05, 0.1) is 5.56 Å². The fraction of sp³-hybridized carbons (Fsp3) is 0.375. The molecule has 3 aliphatic rings. The number of ketones is 1. The number of anilines is 1. The van der Waals surface area contributed by atoms with Gasteiger partial charge in [0.1, 0.15) is 16.9 Å². The number of hydrogen-bond acceptors (Lipinski definition) is 4. The Morgan fingerprint density at radius 2 is 1.94 bits per heavy atom. The second-order valence-electron chi connectivity index (χ2n) is 8.26. The van der Waals surface area contributed by atoms with Gasteiger partial charge in [0, 0.05) is 45.5 Å². The molecule has 2 heterocycles. The van der Waals surface area contributed by atoms with Gasteiger partial charge >= 0.3 is 0 Å². The van der Waals surface area contributed by atoms with Crippen molar-refractivity contribution in [3.05, 3.63) is 61.9 Å². The molecule has 1 aromatic carbocycles. The number of fused-ring (bicyclic) bond motifs is 1. The number of carbonyl (C=O) groups excluding carboxylic acids is 2. The Bertz CT molecular complexity index is 1170. The molecule has 158 valence electrons. The quantitative estimate of drug-likeness (QED) is 0.574. The van der Waals surface area contributed by atoms with Crippen LogP contribution in [0.4, 0.5) is 9.39 Å². The first-order valence-corrected chi connectivity index (χ1v) is 11.8. The average molecular weight is 455 g/mol. The molecule has 4 nitrogen and oxygen atoms in total. The Balaban J connectivity index is 1.71. The van der Waals surface area contributed by atoms with Gasteiger partial charge in [-0.2, -0.15) is 5.26 Å². The average Bonchev–Trinajstić information content (AvgIpc) is 3.11. The number of allylic oxidation sites excluding steroid dienone is 2. The van der Waals surface area contributed by atoms with Gasteiger partial charge in [0.2, 0.25) is 5.91 Å². The molecule has 0 N–H and O–H groups in total. The van der Waals surface area contributed by atoms with Crippen molar-refractivity contribution in [2.24, 2.45) is 0 Å². The molecule has 1 atom stereocenters. The molecule has 0 saturated carbocycles. The van der Waals surface area contributed by atoms with E-state index in [2.05, 4.69) is 6.07 Å². The number of rotatable bonds is 2. The zero-order valence-corrected chi connectivity index (χ0v) is 18.4. The standard InChI is InChI=1S/C24H20ClFN2O2S/c25-16-6-3-7-17(26)22(16)14-11-21(30)28(18-8-4-9-19(29)23(14)18)24-15(12-27)13-5-1-2-10-20(13)31-24/h3,6-7,14H,1-2,4-5,8-11H2/t14-/m0/s1. The lowest BCUT2D eigenvalue weighted by Gasteiger charge is -2.38. The van der Waals surface area contributed by atoms with E-state index in [1.807, 2.05) is 0 Å². The number of hydrogen-bond donors (Lipinski definition) is 0. The highest BCUT2D eigenvalue weighted by Crippen LogP contribution is 2.49. The molecular weight excluding hydrogens is 435 g/mol. The van der Waals surface area contributed by atoms with Gasteiger partial charge in [0.15, 0.2) is 5.78 Å². The highest BCUT2D eigenvalue weighted by atomic mass is 35.5. The molecule has 0 radical (unpaired) electrons. The summed E-state index contributed by atoms with van der Waals surface area (Å²) < 4.78 is 14.8. The summed E-state index contributed by atoms with van der Waals surface area (Å²) in [4.78, 5) is 29.3. The maximum absolute atomic E-state index is 14.8. The summed E-state index contributed by atoms with van der Waals surface area (Å²) in [6, 6.07) is 6.74. The molecule has 31 heavy (non-hydrogen) atoms. The third kappa shape index (κ3) is 3.22. The van der Waals surface area contributed by atoms with Crippen molar-refractivity contribution in [1.29, 1.82) is 5.26 Å². The molecule has 2 aromatic rings. The smallest absolute Gasteiger partial charge is 0.232 e. The number of Topliss-reactive ketones (excluding diaryl/α,β-unsaturated/α-hetero) is 1. The minimum atomic E-state index is -0.694. The summed E-state index contributed by atoms with van der Waals surface area (Å²) in [5.74, 6) is -1.48. The molecule has 5 rings (SSSR count). The number of amides is 1. The number of benzene rings is 1. The van der Waals surface area contributed by atoms with E-state index in [-0.39, 0.29) is 28.7 Å². The fourth-order valence-corrected chi connectivity index (χ4v) is 6.82. The van der Waals surface area contributed by atoms with E-state index in [0.717, 1.165) is 36.1 Å². The summed E-state index contributed by atoms with van der Waals surface area (Å²) in [7, 11) is 0. The lowest BCUT2D eigenvalue weighted by molar-refractivity contribution is -0.119. The monoisotopic (exact) mass is 454 g/mol. The molecule has 2 aliphatic carbocycles. The molecule has 0 saturated heterocycles. The number of thiophene rings is 1. The van der Waals surface area contributed by atoms with E-state index < -0.39 is 11.7 Å². The van der Waals surface area contributed by atoms with Crippen LogP contribution in [0.1, 0.15) is 66.0 Å². The second-order valence-corrected chi connectivity index (χ2v) is 9.75. The Labute approximate surface area is 188 Å². The van der Waals surface area contributed by atoms with Crippen LogP contribution in [0.25, 0.3) is 0 Å². The summed E-state index contributed by atoms with van der Waals surface area (Å²) in [6.45, 7) is 0. The van der Waals surface area contributed by atoms with Gasteiger partial charge in [-0.1, -0.05) is 17.7 Å². The molecule has 0 spiro atoms. The molecule has 0 unspecified atom stereocenters. The Morgan fingerprint density at radius 3 is 2.71 bits per heavy atom. The number of aryl methyl sites for hydroxylation is 1. The maximum Gasteiger partial charge on any atom is 0.232 e. The lowest BCUT2D eigenvalue weighted by Crippen LogP contribution is -2.40. The summed E-state index contributed by atoms with van der Waals surface area (Å²) in [6.07, 6.45) is 5.37. The van der Waals surface area contributed by atoms with Crippen LogP contribution in [0.2, 0.25) is 5.02 Å². The van der Waals surface area contributed by atoms with Crippen LogP contribution in [0.5, 0.6) is 0 Å². The van der Waals surface area contributed by atoms with E-state index in [9.17, 15) is 19.2 Å². The molecular formula is C24H20ClFN2O2S. The zero-order chi connectivity index (χ0) is 21.7. The Hall–Kier alpha value is -2.49. The number of halogens is 2. The van der Waals surface area contributed by atoms with E-state index in [1.54, 1.807) is 11.0 Å². The minimum absolute atomic E-state index is 0.0430.